The molecule has 0 radical (unpaired) electrons. The summed E-state index contributed by atoms with van der Waals surface area (Å²) in [5, 5.41) is 1.66. The van der Waals surface area contributed by atoms with Crippen molar-refractivity contribution in [2.24, 2.45) is 0 Å². The molecule has 0 spiro atoms. The minimum atomic E-state index is -3.63. The lowest BCUT2D eigenvalue weighted by atomic mass is 10.2. The van der Waals surface area contributed by atoms with Crippen molar-refractivity contribution in [1.29, 1.82) is 0 Å². The van der Waals surface area contributed by atoms with E-state index in [1.807, 2.05) is 0 Å². The van der Waals surface area contributed by atoms with Crippen molar-refractivity contribution in [2.45, 2.75) is 0 Å². The molecule has 0 N–H and O–H groups in total. The number of benzene rings is 1. The van der Waals surface area contributed by atoms with Crippen LogP contribution >= 0.6 is 33.9 Å². The molecule has 76 valence electrons. The number of hydrogen-bond acceptors (Lipinski definition) is 2. The van der Waals surface area contributed by atoms with Gasteiger partial charge in [0.1, 0.15) is 0 Å². The summed E-state index contributed by atoms with van der Waals surface area (Å²) in [5.74, 6) is 0. The second-order valence-electron chi connectivity index (χ2n) is 2.45. The standard InChI is InChI=1S/C8H5Cl3O2S/c9-7-2-1-6(5-8(7)10)3-4-14(11,12)13/h1-5H. The Bertz CT molecular complexity index is 465. The molecule has 0 aromatic heterocycles. The lowest BCUT2D eigenvalue weighted by Gasteiger charge is -1.96. The van der Waals surface area contributed by atoms with Crippen LogP contribution in [0.25, 0.3) is 6.08 Å². The summed E-state index contributed by atoms with van der Waals surface area (Å²) < 4.78 is 21.2. The maximum atomic E-state index is 10.6. The molecule has 0 heterocycles. The van der Waals surface area contributed by atoms with Gasteiger partial charge in [-0.3, -0.25) is 0 Å². The summed E-state index contributed by atoms with van der Waals surface area (Å²) in [6, 6.07) is 4.75. The summed E-state index contributed by atoms with van der Waals surface area (Å²) >= 11 is 11.4. The molecule has 1 rings (SSSR count). The van der Waals surface area contributed by atoms with Crippen LogP contribution < -0.4 is 0 Å². The molecule has 1 aromatic carbocycles. The van der Waals surface area contributed by atoms with E-state index in [0.29, 0.717) is 15.6 Å². The molecule has 0 amide bonds. The topological polar surface area (TPSA) is 34.1 Å². The Balaban J connectivity index is 3.00. The lowest BCUT2D eigenvalue weighted by molar-refractivity contribution is 0.617. The van der Waals surface area contributed by atoms with Gasteiger partial charge in [0.05, 0.1) is 10.0 Å². The molecule has 0 aliphatic heterocycles. The van der Waals surface area contributed by atoms with Gasteiger partial charge in [-0.1, -0.05) is 29.3 Å². The van der Waals surface area contributed by atoms with Gasteiger partial charge in [0.15, 0.2) is 0 Å². The summed E-state index contributed by atoms with van der Waals surface area (Å²) in [6.45, 7) is 0. The smallest absolute Gasteiger partial charge is 0.208 e. The normalized spacial score (nSPS) is 12.2. The largest absolute Gasteiger partial charge is 0.254 e. The summed E-state index contributed by atoms with van der Waals surface area (Å²) in [6.07, 6.45) is 1.34. The highest BCUT2D eigenvalue weighted by molar-refractivity contribution is 8.16. The van der Waals surface area contributed by atoms with Crippen LogP contribution in [0.15, 0.2) is 23.6 Å². The van der Waals surface area contributed by atoms with Crippen LogP contribution in [0.2, 0.25) is 10.0 Å². The van der Waals surface area contributed by atoms with Crippen LogP contribution in [0.1, 0.15) is 5.56 Å². The quantitative estimate of drug-likeness (QED) is 0.771. The number of halogens is 3. The van der Waals surface area contributed by atoms with Gasteiger partial charge >= 0.3 is 0 Å². The Morgan fingerprint density at radius 2 is 1.79 bits per heavy atom. The number of hydrogen-bond donors (Lipinski definition) is 0. The van der Waals surface area contributed by atoms with Gasteiger partial charge in [-0.05, 0) is 23.8 Å². The number of rotatable bonds is 2. The fourth-order valence-electron chi connectivity index (χ4n) is 0.776. The van der Waals surface area contributed by atoms with E-state index < -0.39 is 9.05 Å². The van der Waals surface area contributed by atoms with Crippen molar-refractivity contribution >= 4 is 49.0 Å². The highest BCUT2D eigenvalue weighted by Crippen LogP contribution is 2.23. The summed E-state index contributed by atoms with van der Waals surface area (Å²) in [5.41, 5.74) is 0.614. The van der Waals surface area contributed by atoms with Gasteiger partial charge in [0.25, 0.3) is 9.05 Å². The highest BCUT2D eigenvalue weighted by Gasteiger charge is 1.99. The predicted molar refractivity (Wildman–Crippen MR) is 60.3 cm³/mol. The third-order valence-electron chi connectivity index (χ3n) is 1.37. The molecule has 0 fully saturated rings. The summed E-state index contributed by atoms with van der Waals surface area (Å²) in [7, 11) is 1.35. The van der Waals surface area contributed by atoms with Gasteiger partial charge < -0.3 is 0 Å². The van der Waals surface area contributed by atoms with Crippen molar-refractivity contribution in [1.82, 2.24) is 0 Å². The molecule has 0 aliphatic carbocycles. The van der Waals surface area contributed by atoms with E-state index in [4.69, 9.17) is 33.9 Å². The van der Waals surface area contributed by atoms with Crippen LogP contribution in [0.5, 0.6) is 0 Å². The average Bonchev–Trinajstić information content (AvgIpc) is 2.06. The van der Waals surface area contributed by atoms with Gasteiger partial charge in [-0.2, -0.15) is 0 Å². The Kier molecular flexibility index (Phi) is 3.84. The Morgan fingerprint density at radius 3 is 2.29 bits per heavy atom. The van der Waals surface area contributed by atoms with Crippen LogP contribution in [-0.4, -0.2) is 8.42 Å². The van der Waals surface area contributed by atoms with Gasteiger partial charge in [-0.15, -0.1) is 0 Å². The third kappa shape index (κ3) is 3.88. The molecule has 0 aliphatic rings. The van der Waals surface area contributed by atoms with Gasteiger partial charge in [-0.25, -0.2) is 8.42 Å². The SMILES string of the molecule is O=S(=O)(Cl)C=Cc1ccc(Cl)c(Cl)c1. The first-order valence-corrected chi connectivity index (χ1v) is 6.59. The average molecular weight is 272 g/mol. The van der Waals surface area contributed by atoms with E-state index in [2.05, 4.69) is 0 Å². The zero-order valence-electron chi connectivity index (χ0n) is 6.75. The zero-order chi connectivity index (χ0) is 10.8. The molecule has 2 nitrogen and oxygen atoms in total. The second kappa shape index (κ2) is 4.53. The van der Waals surface area contributed by atoms with Gasteiger partial charge in [0, 0.05) is 16.1 Å². The Hall–Kier alpha value is -0.220. The zero-order valence-corrected chi connectivity index (χ0v) is 9.83. The molecule has 0 bridgehead atoms. The Morgan fingerprint density at radius 1 is 1.14 bits per heavy atom. The van der Waals surface area contributed by atoms with Gasteiger partial charge in [0.2, 0.25) is 0 Å². The molecule has 0 unspecified atom stereocenters. The minimum absolute atomic E-state index is 0.362. The fraction of sp³-hybridized carbons (Fsp3) is 0. The van der Waals surface area contributed by atoms with E-state index >= 15 is 0 Å². The molecule has 0 atom stereocenters. The predicted octanol–water partition coefficient (Wildman–Crippen LogP) is 3.53. The molecule has 6 heteroatoms. The summed E-state index contributed by atoms with van der Waals surface area (Å²) in [4.78, 5) is 0. The van der Waals surface area contributed by atoms with Crippen molar-refractivity contribution < 1.29 is 8.42 Å². The molecular formula is C8H5Cl3O2S. The van der Waals surface area contributed by atoms with E-state index in [1.54, 1.807) is 18.2 Å². The van der Waals surface area contributed by atoms with Crippen LogP contribution in [-0.2, 0) is 9.05 Å². The maximum Gasteiger partial charge on any atom is 0.254 e. The third-order valence-corrected chi connectivity index (χ3v) is 2.88. The van der Waals surface area contributed by atoms with Crippen LogP contribution in [0.4, 0.5) is 0 Å². The molecule has 14 heavy (non-hydrogen) atoms. The molecular weight excluding hydrogens is 267 g/mol. The van der Waals surface area contributed by atoms with E-state index in [1.165, 1.54) is 6.08 Å². The van der Waals surface area contributed by atoms with Crippen molar-refractivity contribution in [3.8, 4) is 0 Å². The first-order valence-electron chi connectivity index (χ1n) is 3.46. The van der Waals surface area contributed by atoms with Crippen LogP contribution in [0, 0.1) is 0 Å². The molecule has 0 saturated heterocycles. The van der Waals surface area contributed by atoms with Crippen molar-refractivity contribution in [3.05, 3.63) is 39.2 Å². The second-order valence-corrected chi connectivity index (χ2v) is 5.78. The van der Waals surface area contributed by atoms with Crippen molar-refractivity contribution in [2.75, 3.05) is 0 Å². The van der Waals surface area contributed by atoms with E-state index in [-0.39, 0.29) is 0 Å². The van der Waals surface area contributed by atoms with E-state index in [9.17, 15) is 8.42 Å². The van der Waals surface area contributed by atoms with Crippen LogP contribution in [0.3, 0.4) is 0 Å². The highest BCUT2D eigenvalue weighted by atomic mass is 35.7. The fourth-order valence-corrected chi connectivity index (χ4v) is 1.56. The lowest BCUT2D eigenvalue weighted by Crippen LogP contribution is -1.80. The Labute approximate surface area is 96.5 Å². The maximum absolute atomic E-state index is 10.6. The monoisotopic (exact) mass is 270 g/mol. The first-order chi connectivity index (χ1) is 6.38. The first kappa shape index (κ1) is 11.9. The van der Waals surface area contributed by atoms with Crippen molar-refractivity contribution in [3.63, 3.8) is 0 Å². The molecule has 0 saturated carbocycles. The van der Waals surface area contributed by atoms with E-state index in [0.717, 1.165) is 5.41 Å². The minimum Gasteiger partial charge on any atom is -0.208 e. The molecule has 1 aromatic rings.